The summed E-state index contributed by atoms with van der Waals surface area (Å²) in [6.07, 6.45) is 0. The van der Waals surface area contributed by atoms with Crippen LogP contribution < -0.4 is 15.2 Å². The molecule has 2 aromatic heterocycles. The number of aromatic hydroxyl groups is 2. The van der Waals surface area contributed by atoms with Gasteiger partial charge in [-0.3, -0.25) is 4.79 Å². The van der Waals surface area contributed by atoms with Gasteiger partial charge in [-0.15, -0.1) is 4.73 Å². The Morgan fingerprint density at radius 3 is 2.44 bits per heavy atom. The first-order chi connectivity index (χ1) is 12.7. The lowest BCUT2D eigenvalue weighted by Crippen LogP contribution is -2.26. The second kappa shape index (κ2) is 6.65. The number of hydrogen-bond donors (Lipinski definition) is 2. The van der Waals surface area contributed by atoms with Crippen LogP contribution in [0.1, 0.15) is 17.3 Å². The molecule has 0 fully saturated rings. The number of aromatic nitrogens is 1. The van der Waals surface area contributed by atoms with Crippen LogP contribution in [0, 0.1) is 5.82 Å². The zero-order chi connectivity index (χ0) is 19.9. The molecule has 2 N–H and O–H groups in total. The molecule has 0 aliphatic heterocycles. The zero-order valence-corrected chi connectivity index (χ0v) is 14.1. The van der Waals surface area contributed by atoms with E-state index in [-0.39, 0.29) is 26.5 Å². The zero-order valence-electron chi connectivity index (χ0n) is 13.4. The Balaban J connectivity index is 2.10. The molecule has 9 nitrogen and oxygen atoms in total. The Hall–Kier alpha value is -3.53. The van der Waals surface area contributed by atoms with Crippen LogP contribution in [-0.2, 0) is 4.79 Å². The second-order valence-corrected chi connectivity index (χ2v) is 5.58. The maximum Gasteiger partial charge on any atom is 0.374 e. The summed E-state index contributed by atoms with van der Waals surface area (Å²) in [5, 5.41) is 18.4. The third-order valence-corrected chi connectivity index (χ3v) is 3.62. The first kappa shape index (κ1) is 18.3. The van der Waals surface area contributed by atoms with Crippen LogP contribution in [0.3, 0.4) is 0 Å². The number of rotatable bonds is 3. The molecule has 0 atom stereocenters. The highest BCUT2D eigenvalue weighted by Gasteiger charge is 2.26. The molecule has 3 rings (SSSR count). The topological polar surface area (TPSA) is 128 Å². The molecule has 1 aromatic carbocycles. The number of halogens is 2. The van der Waals surface area contributed by atoms with Crippen molar-refractivity contribution >= 4 is 34.5 Å². The van der Waals surface area contributed by atoms with Gasteiger partial charge in [0.2, 0.25) is 11.8 Å². The average molecular weight is 398 g/mol. The van der Waals surface area contributed by atoms with E-state index in [1.807, 2.05) is 0 Å². The first-order valence-corrected chi connectivity index (χ1v) is 7.53. The summed E-state index contributed by atoms with van der Waals surface area (Å²) in [6.45, 7) is 1.11. The minimum absolute atomic E-state index is 0.170. The molecule has 0 spiro atoms. The largest absolute Gasteiger partial charge is 0.492 e. The lowest BCUT2D eigenvalue weighted by Gasteiger charge is -2.09. The first-order valence-electron chi connectivity index (χ1n) is 7.15. The molecule has 0 unspecified atom stereocenters. The van der Waals surface area contributed by atoms with Crippen molar-refractivity contribution in [1.29, 1.82) is 0 Å². The van der Waals surface area contributed by atoms with Crippen LogP contribution in [0.2, 0.25) is 5.02 Å². The number of hydrogen-bond acceptors (Lipinski definition) is 8. The van der Waals surface area contributed by atoms with Crippen molar-refractivity contribution in [2.24, 2.45) is 0 Å². The van der Waals surface area contributed by atoms with E-state index in [4.69, 9.17) is 20.8 Å². The highest BCUT2D eigenvalue weighted by atomic mass is 35.5. The average Bonchev–Trinajstić information content (AvgIpc) is 2.88. The van der Waals surface area contributed by atoms with Gasteiger partial charge in [-0.2, -0.15) is 0 Å². The van der Waals surface area contributed by atoms with Crippen molar-refractivity contribution in [1.82, 2.24) is 4.73 Å². The summed E-state index contributed by atoms with van der Waals surface area (Å²) in [5.41, 5.74) is -2.85. The molecule has 0 amide bonds. The summed E-state index contributed by atoms with van der Waals surface area (Å²) in [6, 6.07) is 4.01. The van der Waals surface area contributed by atoms with Gasteiger partial charge < -0.3 is 24.2 Å². The van der Waals surface area contributed by atoms with Crippen molar-refractivity contribution < 1.29 is 38.2 Å². The van der Waals surface area contributed by atoms with Crippen LogP contribution in [0.15, 0.2) is 33.5 Å². The Morgan fingerprint density at radius 1 is 1.22 bits per heavy atom. The van der Waals surface area contributed by atoms with Crippen LogP contribution >= 0.6 is 11.6 Å². The minimum Gasteiger partial charge on any atom is -0.492 e. The molecular formula is C16H9ClFNO8. The monoisotopic (exact) mass is 397 g/mol. The van der Waals surface area contributed by atoms with E-state index in [0.29, 0.717) is 0 Å². The molecule has 0 radical (unpaired) electrons. The highest BCUT2D eigenvalue weighted by molar-refractivity contribution is 6.33. The summed E-state index contributed by atoms with van der Waals surface area (Å²) in [4.78, 5) is 39.8. The minimum atomic E-state index is -1.54. The molecule has 27 heavy (non-hydrogen) atoms. The number of carbonyl (C=O) groups is 2. The molecule has 0 saturated heterocycles. The third kappa shape index (κ3) is 3.29. The van der Waals surface area contributed by atoms with Gasteiger partial charge in [-0.25, -0.2) is 14.0 Å². The molecule has 140 valence electrons. The smallest absolute Gasteiger partial charge is 0.374 e. The van der Waals surface area contributed by atoms with E-state index >= 15 is 0 Å². The van der Waals surface area contributed by atoms with E-state index in [9.17, 15) is 29.0 Å². The van der Waals surface area contributed by atoms with Crippen LogP contribution in [0.4, 0.5) is 4.39 Å². The van der Waals surface area contributed by atoms with Crippen molar-refractivity contribution in [2.75, 3.05) is 0 Å². The molecule has 0 bridgehead atoms. The predicted molar refractivity (Wildman–Crippen MR) is 87.4 cm³/mol. The lowest BCUT2D eigenvalue weighted by atomic mass is 10.1. The van der Waals surface area contributed by atoms with E-state index in [0.717, 1.165) is 31.2 Å². The standard InChI is InChI=1S/C16H9ClFNO8/c1-6(20)25-10-5-9-7(4-8(10)17)14(18)13(15(23)26-9)16(24)27-19-11(21)2-3-12(19)22/h2-5,21-22H,1H3. The fourth-order valence-corrected chi connectivity index (χ4v) is 2.40. The normalized spacial score (nSPS) is 10.8. The fraction of sp³-hybridized carbons (Fsp3) is 0.0625. The second-order valence-electron chi connectivity index (χ2n) is 5.17. The van der Waals surface area contributed by atoms with Crippen molar-refractivity contribution in [3.05, 3.63) is 51.1 Å². The van der Waals surface area contributed by atoms with Crippen LogP contribution in [0.25, 0.3) is 11.0 Å². The molecule has 3 aromatic rings. The third-order valence-electron chi connectivity index (χ3n) is 3.33. The number of esters is 1. The number of benzene rings is 1. The highest BCUT2D eigenvalue weighted by Crippen LogP contribution is 2.32. The van der Waals surface area contributed by atoms with E-state index < -0.39 is 40.7 Å². The van der Waals surface area contributed by atoms with E-state index in [2.05, 4.69) is 4.84 Å². The Bertz CT molecular complexity index is 1130. The van der Waals surface area contributed by atoms with Crippen LogP contribution in [-0.4, -0.2) is 26.9 Å². The van der Waals surface area contributed by atoms with Gasteiger partial charge in [0.25, 0.3) is 0 Å². The molecule has 11 heteroatoms. The SMILES string of the molecule is CC(=O)Oc1cc2oc(=O)c(C(=O)On3c(O)ccc3O)c(F)c2cc1Cl. The number of carbonyl (C=O) groups excluding carboxylic acids is 2. The van der Waals surface area contributed by atoms with Gasteiger partial charge >= 0.3 is 17.6 Å². The van der Waals surface area contributed by atoms with Gasteiger partial charge in [0, 0.05) is 25.1 Å². The van der Waals surface area contributed by atoms with E-state index in [1.54, 1.807) is 0 Å². The predicted octanol–water partition coefficient (Wildman–Crippen LogP) is 1.99. The van der Waals surface area contributed by atoms with Gasteiger partial charge in [0.1, 0.15) is 5.58 Å². The Morgan fingerprint density at radius 2 is 1.85 bits per heavy atom. The Kier molecular flexibility index (Phi) is 4.50. The molecule has 2 heterocycles. The summed E-state index contributed by atoms with van der Waals surface area (Å²) >= 11 is 5.90. The van der Waals surface area contributed by atoms with Crippen molar-refractivity contribution in [3.8, 4) is 17.5 Å². The van der Waals surface area contributed by atoms with Gasteiger partial charge in [-0.1, -0.05) is 11.6 Å². The van der Waals surface area contributed by atoms with E-state index in [1.165, 1.54) is 0 Å². The molecule has 0 saturated carbocycles. The van der Waals surface area contributed by atoms with Gasteiger partial charge in [0.15, 0.2) is 17.1 Å². The maximum absolute atomic E-state index is 14.7. The molecule has 0 aliphatic rings. The fourth-order valence-electron chi connectivity index (χ4n) is 2.20. The van der Waals surface area contributed by atoms with Crippen LogP contribution in [0.5, 0.6) is 17.5 Å². The lowest BCUT2D eigenvalue weighted by molar-refractivity contribution is -0.131. The van der Waals surface area contributed by atoms with Crippen molar-refractivity contribution in [3.63, 3.8) is 0 Å². The molecule has 0 aliphatic carbocycles. The van der Waals surface area contributed by atoms with Gasteiger partial charge in [-0.05, 0) is 6.07 Å². The number of fused-ring (bicyclic) bond motifs is 1. The van der Waals surface area contributed by atoms with Crippen molar-refractivity contribution in [2.45, 2.75) is 6.92 Å². The maximum atomic E-state index is 14.7. The summed E-state index contributed by atoms with van der Waals surface area (Å²) in [5.74, 6) is -5.05. The van der Waals surface area contributed by atoms with Gasteiger partial charge in [0.05, 0.1) is 10.4 Å². The summed E-state index contributed by atoms with van der Waals surface area (Å²) < 4.78 is 24.7. The number of nitrogens with zero attached hydrogens (tertiary/aromatic N) is 1. The number of ether oxygens (including phenoxy) is 1. The Labute approximate surface area is 153 Å². The quantitative estimate of drug-likeness (QED) is 0.390. The summed E-state index contributed by atoms with van der Waals surface area (Å²) in [7, 11) is 0. The molecular weight excluding hydrogens is 389 g/mol.